The molecule has 1 aliphatic carbocycles. The molecule has 220 valence electrons. The summed E-state index contributed by atoms with van der Waals surface area (Å²) in [6.07, 6.45) is 2.12. The van der Waals surface area contributed by atoms with Crippen molar-refractivity contribution in [2.75, 3.05) is 16.3 Å². The summed E-state index contributed by atoms with van der Waals surface area (Å²) in [5, 5.41) is 0. The highest BCUT2D eigenvalue weighted by Crippen LogP contribution is 2.43. The molecule has 4 aromatic rings. The molecule has 2 aliphatic heterocycles. The van der Waals surface area contributed by atoms with Crippen LogP contribution in [0.25, 0.3) is 0 Å². The number of hydrogen-bond acceptors (Lipinski definition) is 5. The van der Waals surface area contributed by atoms with Crippen molar-refractivity contribution in [3.05, 3.63) is 125 Å². The van der Waals surface area contributed by atoms with Gasteiger partial charge in [-0.05, 0) is 60.4 Å². The van der Waals surface area contributed by atoms with Gasteiger partial charge in [0.1, 0.15) is 18.9 Å². The van der Waals surface area contributed by atoms with Crippen molar-refractivity contribution in [2.24, 2.45) is 5.92 Å². The summed E-state index contributed by atoms with van der Waals surface area (Å²) in [5.74, 6) is -1.06. The molecule has 0 radical (unpaired) electrons. The minimum Gasteiger partial charge on any atom is -0.489 e. The minimum atomic E-state index is -0.475. The molecule has 7 rings (SSSR count). The van der Waals surface area contributed by atoms with Gasteiger partial charge in [0.05, 0.1) is 35.0 Å². The average Bonchev–Trinajstić information content (AvgIpc) is 3.60. The third-order valence-electron chi connectivity index (χ3n) is 8.75. The van der Waals surface area contributed by atoms with Crippen LogP contribution >= 0.6 is 0 Å². The Morgan fingerprint density at radius 1 is 0.705 bits per heavy atom. The van der Waals surface area contributed by atoms with Gasteiger partial charge in [-0.1, -0.05) is 73.2 Å². The lowest BCUT2D eigenvalue weighted by Gasteiger charge is -2.31. The highest BCUT2D eigenvalue weighted by atomic mass is 16.5. The van der Waals surface area contributed by atoms with E-state index in [9.17, 15) is 19.2 Å². The second-order valence-electron chi connectivity index (χ2n) is 11.4. The van der Waals surface area contributed by atoms with Crippen LogP contribution in [0.2, 0.25) is 0 Å². The van der Waals surface area contributed by atoms with Crippen LogP contribution in [0.5, 0.6) is 5.75 Å². The molecular formula is C36H31N3O5. The number of rotatable bonds is 7. The molecule has 2 heterocycles. The molecule has 2 unspecified atom stereocenters. The molecule has 8 heteroatoms. The molecule has 0 spiro atoms. The van der Waals surface area contributed by atoms with Crippen LogP contribution in [-0.4, -0.2) is 41.1 Å². The van der Waals surface area contributed by atoms with E-state index in [1.54, 1.807) is 34.1 Å². The minimum absolute atomic E-state index is 0.0356. The Hall–Kier alpha value is -5.24. The van der Waals surface area contributed by atoms with Gasteiger partial charge in [-0.3, -0.25) is 24.1 Å². The Morgan fingerprint density at radius 2 is 1.36 bits per heavy atom. The van der Waals surface area contributed by atoms with E-state index in [-0.39, 0.29) is 24.4 Å². The maximum absolute atomic E-state index is 14.2. The number of imide groups is 1. The number of ether oxygens (including phenoxy) is 1. The third kappa shape index (κ3) is 4.92. The first kappa shape index (κ1) is 27.6. The standard InChI is InChI=1S/C36H31N3O5/c40-33(22-38-34(41)27-14-4-5-15-28(27)35(38)42)39-30-19-9-16-29(30)36(43)37(31-17-6-7-18-32(31)39)21-25-12-8-13-26(20-25)44-23-24-10-2-1-3-11-24/h1-8,10-15,17-18,20,29-30H,9,16,19,21-23H2. The first-order valence-corrected chi connectivity index (χ1v) is 14.9. The van der Waals surface area contributed by atoms with Gasteiger partial charge >= 0.3 is 0 Å². The number of hydrogen-bond donors (Lipinski definition) is 0. The van der Waals surface area contributed by atoms with Crippen molar-refractivity contribution in [3.8, 4) is 5.75 Å². The SMILES string of the molecule is O=C1c2ccccc2C(=O)N1CC(=O)N1c2ccccc2N(Cc2cccc(OCc3ccccc3)c2)C(=O)C2CCCC21. The Kier molecular flexibility index (Phi) is 7.18. The predicted molar refractivity (Wildman–Crippen MR) is 165 cm³/mol. The number of para-hydroxylation sites is 2. The lowest BCUT2D eigenvalue weighted by molar-refractivity contribution is -0.123. The maximum atomic E-state index is 14.2. The summed E-state index contributed by atoms with van der Waals surface area (Å²) in [6.45, 7) is 0.352. The monoisotopic (exact) mass is 585 g/mol. The Bertz CT molecular complexity index is 1740. The molecule has 4 aromatic carbocycles. The van der Waals surface area contributed by atoms with Crippen LogP contribution in [0.3, 0.4) is 0 Å². The van der Waals surface area contributed by atoms with Crippen LogP contribution in [0, 0.1) is 5.92 Å². The summed E-state index contributed by atoms with van der Waals surface area (Å²) < 4.78 is 6.05. The average molecular weight is 586 g/mol. The van der Waals surface area contributed by atoms with Gasteiger partial charge in [-0.2, -0.15) is 0 Å². The molecule has 0 N–H and O–H groups in total. The number of amides is 4. The molecule has 4 amide bonds. The second kappa shape index (κ2) is 11.4. The fourth-order valence-electron chi connectivity index (χ4n) is 6.66. The van der Waals surface area contributed by atoms with Gasteiger partial charge < -0.3 is 14.5 Å². The zero-order valence-corrected chi connectivity index (χ0v) is 24.1. The first-order valence-electron chi connectivity index (χ1n) is 14.9. The van der Waals surface area contributed by atoms with Crippen LogP contribution in [0.15, 0.2) is 103 Å². The smallest absolute Gasteiger partial charge is 0.262 e. The fourth-order valence-corrected chi connectivity index (χ4v) is 6.66. The van der Waals surface area contributed by atoms with Crippen molar-refractivity contribution in [3.63, 3.8) is 0 Å². The summed E-state index contributed by atoms with van der Waals surface area (Å²) >= 11 is 0. The molecular weight excluding hydrogens is 554 g/mol. The summed E-state index contributed by atoms with van der Waals surface area (Å²) in [7, 11) is 0. The molecule has 1 saturated carbocycles. The van der Waals surface area contributed by atoms with Crippen molar-refractivity contribution < 1.29 is 23.9 Å². The lowest BCUT2D eigenvalue weighted by Crippen LogP contribution is -2.49. The van der Waals surface area contributed by atoms with E-state index < -0.39 is 17.7 Å². The molecule has 3 aliphatic rings. The van der Waals surface area contributed by atoms with Gasteiger partial charge in [0.25, 0.3) is 11.8 Å². The van der Waals surface area contributed by atoms with E-state index >= 15 is 0 Å². The van der Waals surface area contributed by atoms with Crippen LogP contribution in [-0.2, 0) is 22.7 Å². The second-order valence-corrected chi connectivity index (χ2v) is 11.4. The molecule has 0 aromatic heterocycles. The predicted octanol–water partition coefficient (Wildman–Crippen LogP) is 5.61. The number of nitrogens with zero attached hydrogens (tertiary/aromatic N) is 3. The maximum Gasteiger partial charge on any atom is 0.262 e. The molecule has 0 saturated heterocycles. The van der Waals surface area contributed by atoms with E-state index in [0.717, 1.165) is 22.4 Å². The van der Waals surface area contributed by atoms with Crippen molar-refractivity contribution in [1.29, 1.82) is 0 Å². The zero-order chi connectivity index (χ0) is 30.2. The lowest BCUT2D eigenvalue weighted by atomic mass is 10.0. The normalized spacial score (nSPS) is 19.0. The van der Waals surface area contributed by atoms with Gasteiger partial charge in [0.15, 0.2) is 0 Å². The van der Waals surface area contributed by atoms with E-state index in [1.165, 1.54) is 0 Å². The fraction of sp³-hybridized carbons (Fsp3) is 0.222. The third-order valence-corrected chi connectivity index (χ3v) is 8.75. The topological polar surface area (TPSA) is 87.2 Å². The van der Waals surface area contributed by atoms with Crippen molar-refractivity contribution >= 4 is 35.0 Å². The summed E-state index contributed by atoms with van der Waals surface area (Å²) in [5.41, 5.74) is 3.80. The van der Waals surface area contributed by atoms with E-state index in [0.29, 0.717) is 54.2 Å². The zero-order valence-electron chi connectivity index (χ0n) is 24.1. The number of carbonyl (C=O) groups is 4. The molecule has 44 heavy (non-hydrogen) atoms. The first-order chi connectivity index (χ1) is 21.5. The number of fused-ring (bicyclic) bond motifs is 3. The van der Waals surface area contributed by atoms with Gasteiger partial charge in [0, 0.05) is 6.04 Å². The highest BCUT2D eigenvalue weighted by molar-refractivity contribution is 6.23. The Balaban J connectivity index is 1.18. The summed E-state index contributed by atoms with van der Waals surface area (Å²) in [6, 6.07) is 31.3. The van der Waals surface area contributed by atoms with Gasteiger partial charge in [-0.25, -0.2) is 0 Å². The van der Waals surface area contributed by atoms with E-state index in [4.69, 9.17) is 4.74 Å². The molecule has 2 atom stereocenters. The van der Waals surface area contributed by atoms with Gasteiger partial charge in [0.2, 0.25) is 11.8 Å². The van der Waals surface area contributed by atoms with Crippen LogP contribution < -0.4 is 14.5 Å². The van der Waals surface area contributed by atoms with Gasteiger partial charge in [-0.15, -0.1) is 0 Å². The Morgan fingerprint density at radius 3 is 2.11 bits per heavy atom. The van der Waals surface area contributed by atoms with Crippen LogP contribution in [0.1, 0.15) is 51.1 Å². The molecule has 0 bridgehead atoms. The van der Waals surface area contributed by atoms with Crippen LogP contribution in [0.4, 0.5) is 11.4 Å². The number of carbonyl (C=O) groups excluding carboxylic acids is 4. The number of anilines is 2. The van der Waals surface area contributed by atoms with E-state index in [1.807, 2.05) is 78.9 Å². The Labute approximate surface area is 255 Å². The molecule has 1 fully saturated rings. The number of benzene rings is 4. The largest absolute Gasteiger partial charge is 0.489 e. The quantitative estimate of drug-likeness (QED) is 0.263. The van der Waals surface area contributed by atoms with E-state index in [2.05, 4.69) is 0 Å². The van der Waals surface area contributed by atoms with Crippen molar-refractivity contribution in [2.45, 2.75) is 38.5 Å². The highest BCUT2D eigenvalue weighted by Gasteiger charge is 2.47. The molecule has 8 nitrogen and oxygen atoms in total. The summed E-state index contributed by atoms with van der Waals surface area (Å²) in [4.78, 5) is 58.9. The van der Waals surface area contributed by atoms with Crippen molar-refractivity contribution in [1.82, 2.24) is 4.90 Å².